The summed E-state index contributed by atoms with van der Waals surface area (Å²) >= 11 is 0. The van der Waals surface area contributed by atoms with Crippen molar-refractivity contribution in [3.63, 3.8) is 0 Å². The maximum Gasteiger partial charge on any atom is 0.319 e. The van der Waals surface area contributed by atoms with E-state index in [-0.39, 0.29) is 18.0 Å². The first-order valence-electron chi connectivity index (χ1n) is 9.45. The molecule has 1 aliphatic rings. The van der Waals surface area contributed by atoms with E-state index in [1.165, 1.54) is 0 Å². The summed E-state index contributed by atoms with van der Waals surface area (Å²) in [5.41, 5.74) is 2.14. The molecule has 3 rings (SSSR count). The highest BCUT2D eigenvalue weighted by Crippen LogP contribution is 2.14. The molecule has 1 unspecified atom stereocenters. The molecule has 2 aromatic rings. The topological polar surface area (TPSA) is 82.7 Å². The first-order valence-corrected chi connectivity index (χ1v) is 9.45. The first kappa shape index (κ1) is 19.7. The van der Waals surface area contributed by atoms with Crippen molar-refractivity contribution < 1.29 is 14.3 Å². The molecule has 1 saturated heterocycles. The number of carbonyl (C=O) groups is 2. The predicted molar refractivity (Wildman–Crippen MR) is 110 cm³/mol. The molecule has 1 fully saturated rings. The van der Waals surface area contributed by atoms with Crippen LogP contribution in [0.15, 0.2) is 54.6 Å². The summed E-state index contributed by atoms with van der Waals surface area (Å²) in [5.74, 6) is -0.0483. The average molecular weight is 382 g/mol. The van der Waals surface area contributed by atoms with Gasteiger partial charge in [0.1, 0.15) is 0 Å². The molecule has 1 atom stereocenters. The van der Waals surface area contributed by atoms with E-state index in [9.17, 15) is 9.59 Å². The van der Waals surface area contributed by atoms with Crippen LogP contribution in [-0.2, 0) is 4.74 Å². The van der Waals surface area contributed by atoms with Gasteiger partial charge in [-0.3, -0.25) is 4.79 Å². The number of anilines is 2. The summed E-state index contributed by atoms with van der Waals surface area (Å²) in [4.78, 5) is 26.6. The number of hydrogen-bond acceptors (Lipinski definition) is 4. The monoisotopic (exact) mass is 382 g/mol. The smallest absolute Gasteiger partial charge is 0.319 e. The number of amides is 3. The lowest BCUT2D eigenvalue weighted by molar-refractivity contribution is 0.0303. The van der Waals surface area contributed by atoms with Crippen LogP contribution in [0.4, 0.5) is 16.2 Å². The minimum Gasteiger partial charge on any atom is -0.383 e. The molecular formula is C21H26N4O3. The molecule has 0 aliphatic carbocycles. The molecule has 7 heteroatoms. The number of carbonyl (C=O) groups excluding carboxylic acids is 2. The predicted octanol–water partition coefficient (Wildman–Crippen LogP) is 2.78. The van der Waals surface area contributed by atoms with E-state index < -0.39 is 0 Å². The summed E-state index contributed by atoms with van der Waals surface area (Å²) in [7, 11) is 0. The Morgan fingerprint density at radius 3 is 2.50 bits per heavy atom. The van der Waals surface area contributed by atoms with E-state index in [0.29, 0.717) is 44.1 Å². The number of nitrogens with zero attached hydrogens (tertiary/aromatic N) is 1. The van der Waals surface area contributed by atoms with Crippen LogP contribution in [0.5, 0.6) is 0 Å². The highest BCUT2D eigenvalue weighted by molar-refractivity contribution is 5.97. The van der Waals surface area contributed by atoms with Gasteiger partial charge in [-0.25, -0.2) is 4.79 Å². The fourth-order valence-electron chi connectivity index (χ4n) is 2.95. The van der Waals surface area contributed by atoms with Crippen molar-refractivity contribution in [2.75, 3.05) is 43.5 Å². The highest BCUT2D eigenvalue weighted by atomic mass is 16.5. The average Bonchev–Trinajstić information content (AvgIpc) is 2.73. The molecule has 3 amide bonds. The Labute approximate surface area is 165 Å². The number of rotatable bonds is 6. The fourth-order valence-corrected chi connectivity index (χ4v) is 2.95. The summed E-state index contributed by atoms with van der Waals surface area (Å²) in [6.07, 6.45) is 0. The molecular weight excluding hydrogens is 356 g/mol. The Hall–Kier alpha value is -3.06. The zero-order valence-electron chi connectivity index (χ0n) is 16.0. The second-order valence-corrected chi connectivity index (χ2v) is 6.73. The zero-order chi connectivity index (χ0) is 19.8. The summed E-state index contributed by atoms with van der Waals surface area (Å²) < 4.78 is 5.28. The van der Waals surface area contributed by atoms with Crippen molar-refractivity contribution >= 4 is 23.3 Å². The Balaban J connectivity index is 1.50. The summed E-state index contributed by atoms with van der Waals surface area (Å²) in [6.45, 7) is 4.81. The van der Waals surface area contributed by atoms with Crippen molar-refractivity contribution in [2.45, 2.75) is 13.0 Å². The van der Waals surface area contributed by atoms with E-state index in [1.54, 1.807) is 29.2 Å². The number of nitrogens with one attached hydrogen (secondary N) is 3. The molecule has 0 bridgehead atoms. The van der Waals surface area contributed by atoms with Gasteiger partial charge in [0.25, 0.3) is 5.91 Å². The van der Waals surface area contributed by atoms with Gasteiger partial charge >= 0.3 is 6.03 Å². The van der Waals surface area contributed by atoms with Crippen LogP contribution in [0.2, 0.25) is 0 Å². The normalized spacial score (nSPS) is 14.8. The van der Waals surface area contributed by atoms with Gasteiger partial charge in [-0.05, 0) is 37.3 Å². The standard InChI is InChI=1S/C21H26N4O3/c1-16(15-22-18-7-3-2-4-8-18)23-21(27)24-19-9-5-6-17(14-19)20(26)25-10-12-28-13-11-25/h2-9,14,16,22H,10-13,15H2,1H3,(H2,23,24,27). The third-order valence-corrected chi connectivity index (χ3v) is 4.43. The van der Waals surface area contributed by atoms with Crippen molar-refractivity contribution in [3.8, 4) is 0 Å². The van der Waals surface area contributed by atoms with Crippen LogP contribution < -0.4 is 16.0 Å². The van der Waals surface area contributed by atoms with Crippen LogP contribution in [0.25, 0.3) is 0 Å². The van der Waals surface area contributed by atoms with Crippen LogP contribution in [-0.4, -0.2) is 55.7 Å². The Bertz CT molecular complexity index is 791. The molecule has 2 aromatic carbocycles. The number of ether oxygens (including phenoxy) is 1. The van der Waals surface area contributed by atoms with Crippen molar-refractivity contribution in [1.29, 1.82) is 0 Å². The number of benzene rings is 2. The van der Waals surface area contributed by atoms with Crippen LogP contribution in [0.3, 0.4) is 0 Å². The molecule has 1 aliphatic heterocycles. The fraction of sp³-hybridized carbons (Fsp3) is 0.333. The van der Waals surface area contributed by atoms with E-state index in [1.807, 2.05) is 37.3 Å². The van der Waals surface area contributed by atoms with Gasteiger partial charge in [0.05, 0.1) is 13.2 Å². The SMILES string of the molecule is CC(CNc1ccccc1)NC(=O)Nc1cccc(C(=O)N2CCOCC2)c1. The van der Waals surface area contributed by atoms with E-state index in [0.717, 1.165) is 5.69 Å². The second kappa shape index (κ2) is 9.75. The zero-order valence-corrected chi connectivity index (χ0v) is 16.0. The van der Waals surface area contributed by atoms with Gasteiger partial charge in [0.15, 0.2) is 0 Å². The number of morpholine rings is 1. The minimum absolute atomic E-state index is 0.0483. The summed E-state index contributed by atoms with van der Waals surface area (Å²) in [5, 5.41) is 8.95. The molecule has 28 heavy (non-hydrogen) atoms. The molecule has 0 aromatic heterocycles. The lowest BCUT2D eigenvalue weighted by Gasteiger charge is -2.27. The lowest BCUT2D eigenvalue weighted by atomic mass is 10.1. The van der Waals surface area contributed by atoms with Crippen LogP contribution >= 0.6 is 0 Å². The number of para-hydroxylation sites is 1. The van der Waals surface area contributed by atoms with E-state index >= 15 is 0 Å². The van der Waals surface area contributed by atoms with E-state index in [4.69, 9.17) is 4.74 Å². The lowest BCUT2D eigenvalue weighted by Crippen LogP contribution is -2.41. The molecule has 0 saturated carbocycles. The van der Waals surface area contributed by atoms with Crippen molar-refractivity contribution in [1.82, 2.24) is 10.2 Å². The number of hydrogen-bond donors (Lipinski definition) is 3. The van der Waals surface area contributed by atoms with E-state index in [2.05, 4.69) is 16.0 Å². The molecule has 7 nitrogen and oxygen atoms in total. The maximum atomic E-state index is 12.6. The van der Waals surface area contributed by atoms with Crippen molar-refractivity contribution in [2.24, 2.45) is 0 Å². The van der Waals surface area contributed by atoms with Gasteiger partial charge in [0.2, 0.25) is 0 Å². The van der Waals surface area contributed by atoms with Gasteiger partial charge < -0.3 is 25.6 Å². The molecule has 3 N–H and O–H groups in total. The van der Waals surface area contributed by atoms with Gasteiger partial charge in [0, 0.05) is 42.6 Å². The Morgan fingerprint density at radius 2 is 1.75 bits per heavy atom. The second-order valence-electron chi connectivity index (χ2n) is 6.73. The third-order valence-electron chi connectivity index (χ3n) is 4.43. The number of urea groups is 1. The van der Waals surface area contributed by atoms with Crippen LogP contribution in [0.1, 0.15) is 17.3 Å². The molecule has 0 radical (unpaired) electrons. The molecule has 1 heterocycles. The molecule has 148 valence electrons. The minimum atomic E-state index is -0.307. The van der Waals surface area contributed by atoms with Gasteiger partial charge in [-0.15, -0.1) is 0 Å². The maximum absolute atomic E-state index is 12.6. The largest absolute Gasteiger partial charge is 0.383 e. The van der Waals surface area contributed by atoms with Gasteiger partial charge in [-0.2, -0.15) is 0 Å². The highest BCUT2D eigenvalue weighted by Gasteiger charge is 2.19. The molecule has 0 spiro atoms. The van der Waals surface area contributed by atoms with Crippen molar-refractivity contribution in [3.05, 3.63) is 60.2 Å². The third kappa shape index (κ3) is 5.72. The van der Waals surface area contributed by atoms with Gasteiger partial charge in [-0.1, -0.05) is 24.3 Å². The Kier molecular flexibility index (Phi) is 6.86. The summed E-state index contributed by atoms with van der Waals surface area (Å²) in [6, 6.07) is 16.4. The first-order chi connectivity index (χ1) is 13.6. The quantitative estimate of drug-likeness (QED) is 0.717. The van der Waals surface area contributed by atoms with Crippen LogP contribution in [0, 0.1) is 0 Å². The Morgan fingerprint density at radius 1 is 1.04 bits per heavy atom.